The Kier molecular flexibility index (Phi) is 8.89. The molecule has 308 valence electrons. The van der Waals surface area contributed by atoms with Crippen LogP contribution in [0.15, 0.2) is 255 Å². The minimum Gasteiger partial charge on any atom is -0.310 e. The van der Waals surface area contributed by atoms with E-state index < -0.39 is 0 Å². The third-order valence-corrected chi connectivity index (χ3v) is 13.6. The third kappa shape index (κ3) is 6.11. The summed E-state index contributed by atoms with van der Waals surface area (Å²) in [6.45, 7) is 0. The molecule has 0 spiro atoms. The average Bonchev–Trinajstić information content (AvgIpc) is 3.74. The number of nitrogens with zero attached hydrogens (tertiary/aromatic N) is 2. The van der Waals surface area contributed by atoms with E-state index in [-0.39, 0.29) is 0 Å². The van der Waals surface area contributed by atoms with Gasteiger partial charge in [-0.05, 0) is 132 Å². The fraction of sp³-hybridized carbons (Fsp3) is 0. The summed E-state index contributed by atoms with van der Waals surface area (Å²) in [6.07, 6.45) is 0. The van der Waals surface area contributed by atoms with Crippen molar-refractivity contribution < 1.29 is 0 Å². The molecule has 0 N–H and O–H groups in total. The molecule has 0 aliphatic carbocycles. The summed E-state index contributed by atoms with van der Waals surface area (Å²) in [7, 11) is 0. The van der Waals surface area contributed by atoms with Crippen LogP contribution in [0.3, 0.4) is 0 Å². The van der Waals surface area contributed by atoms with Gasteiger partial charge in [0.05, 0.1) is 16.7 Å². The highest BCUT2D eigenvalue weighted by atomic mass is 15.1. The van der Waals surface area contributed by atoms with Gasteiger partial charge in [0.15, 0.2) is 0 Å². The highest BCUT2D eigenvalue weighted by Gasteiger charge is 2.21. The summed E-state index contributed by atoms with van der Waals surface area (Å²) in [4.78, 5) is 2.38. The van der Waals surface area contributed by atoms with Gasteiger partial charge in [-0.2, -0.15) is 0 Å². The number of benzene rings is 12. The highest BCUT2D eigenvalue weighted by molar-refractivity contribution is 6.22. The largest absolute Gasteiger partial charge is 0.310 e. The van der Waals surface area contributed by atoms with E-state index in [1.807, 2.05) is 0 Å². The second-order valence-electron chi connectivity index (χ2n) is 17.2. The number of rotatable bonds is 7. The van der Waals surface area contributed by atoms with Crippen molar-refractivity contribution in [1.29, 1.82) is 0 Å². The van der Waals surface area contributed by atoms with E-state index >= 15 is 0 Å². The molecule has 0 amide bonds. The lowest BCUT2D eigenvalue weighted by Crippen LogP contribution is -2.10. The quantitative estimate of drug-likeness (QED) is 0.145. The van der Waals surface area contributed by atoms with Crippen LogP contribution in [0.4, 0.5) is 17.1 Å². The number of hydrogen-bond donors (Lipinski definition) is 0. The average molecular weight is 839 g/mol. The SMILES string of the molecule is c1ccc(-c2cc(N(c3ccccc3)c3ccc(-c4cc5ccccc5c5ccccc45)cc3)ccc2-c2ccc(-n3c4ccccc4c4c5ccccc5ccc43)c3ccccc23)cc1. The molecule has 0 aliphatic heterocycles. The Hall–Kier alpha value is -8.72. The van der Waals surface area contributed by atoms with Crippen LogP contribution >= 0.6 is 0 Å². The van der Waals surface area contributed by atoms with E-state index in [0.717, 1.165) is 17.1 Å². The fourth-order valence-corrected chi connectivity index (χ4v) is 10.6. The van der Waals surface area contributed by atoms with Crippen molar-refractivity contribution in [2.75, 3.05) is 4.90 Å². The maximum Gasteiger partial charge on any atom is 0.0547 e. The molecular formula is C64H42N2. The molecule has 66 heavy (non-hydrogen) atoms. The third-order valence-electron chi connectivity index (χ3n) is 13.6. The van der Waals surface area contributed by atoms with Gasteiger partial charge in [-0.3, -0.25) is 0 Å². The Morgan fingerprint density at radius 3 is 1.58 bits per heavy atom. The first-order valence-corrected chi connectivity index (χ1v) is 22.8. The summed E-state index contributed by atoms with van der Waals surface area (Å²) in [6, 6.07) is 93.2. The normalized spacial score (nSPS) is 11.6. The first-order valence-electron chi connectivity index (χ1n) is 22.8. The zero-order chi connectivity index (χ0) is 43.6. The number of anilines is 3. The maximum absolute atomic E-state index is 2.47. The van der Waals surface area contributed by atoms with Gasteiger partial charge < -0.3 is 9.47 Å². The van der Waals surface area contributed by atoms with Crippen LogP contribution in [0.1, 0.15) is 0 Å². The van der Waals surface area contributed by atoms with Crippen LogP contribution in [-0.2, 0) is 0 Å². The lowest BCUT2D eigenvalue weighted by Gasteiger charge is -2.27. The molecule has 1 aromatic heterocycles. The molecule has 0 saturated carbocycles. The Bertz CT molecular complexity index is 3980. The molecule has 0 radical (unpaired) electrons. The first kappa shape index (κ1) is 37.8. The summed E-state index contributed by atoms with van der Waals surface area (Å²) in [5, 5.41) is 12.6. The van der Waals surface area contributed by atoms with Crippen molar-refractivity contribution in [3.05, 3.63) is 255 Å². The molecule has 0 saturated heterocycles. The predicted molar refractivity (Wildman–Crippen MR) is 282 cm³/mol. The molecular weight excluding hydrogens is 797 g/mol. The number of para-hydroxylation sites is 2. The van der Waals surface area contributed by atoms with Crippen molar-refractivity contribution >= 4 is 82.0 Å². The van der Waals surface area contributed by atoms with Gasteiger partial charge >= 0.3 is 0 Å². The van der Waals surface area contributed by atoms with Crippen molar-refractivity contribution in [3.8, 4) is 39.1 Å². The fourth-order valence-electron chi connectivity index (χ4n) is 10.6. The van der Waals surface area contributed by atoms with Crippen LogP contribution in [0.2, 0.25) is 0 Å². The number of fused-ring (bicyclic) bond motifs is 9. The zero-order valence-electron chi connectivity index (χ0n) is 36.1. The predicted octanol–water partition coefficient (Wildman–Crippen LogP) is 17.9. The van der Waals surface area contributed by atoms with Crippen molar-refractivity contribution in [3.63, 3.8) is 0 Å². The topological polar surface area (TPSA) is 8.17 Å². The van der Waals surface area contributed by atoms with Crippen LogP contribution in [-0.4, -0.2) is 4.57 Å². The molecule has 1 heterocycles. The monoisotopic (exact) mass is 838 g/mol. The summed E-state index contributed by atoms with van der Waals surface area (Å²) < 4.78 is 2.47. The van der Waals surface area contributed by atoms with Crippen LogP contribution in [0, 0.1) is 0 Å². The molecule has 13 aromatic rings. The van der Waals surface area contributed by atoms with Gasteiger partial charge in [0.1, 0.15) is 0 Å². The summed E-state index contributed by atoms with van der Waals surface area (Å²) >= 11 is 0. The van der Waals surface area contributed by atoms with E-state index in [4.69, 9.17) is 0 Å². The van der Waals surface area contributed by atoms with Gasteiger partial charge in [-0.25, -0.2) is 0 Å². The van der Waals surface area contributed by atoms with Gasteiger partial charge in [0.2, 0.25) is 0 Å². The molecule has 0 aliphatic rings. The molecule has 0 atom stereocenters. The van der Waals surface area contributed by atoms with E-state index in [2.05, 4.69) is 264 Å². The Morgan fingerprint density at radius 1 is 0.258 bits per heavy atom. The van der Waals surface area contributed by atoms with Gasteiger partial charge in [0.25, 0.3) is 0 Å². The van der Waals surface area contributed by atoms with E-state index in [0.29, 0.717) is 0 Å². The lowest BCUT2D eigenvalue weighted by atomic mass is 9.90. The van der Waals surface area contributed by atoms with Gasteiger partial charge in [-0.1, -0.05) is 194 Å². The molecule has 0 unspecified atom stereocenters. The first-order chi connectivity index (χ1) is 32.8. The van der Waals surface area contributed by atoms with Crippen LogP contribution in [0.25, 0.3) is 104 Å². The molecule has 12 aromatic carbocycles. The number of aromatic nitrogens is 1. The number of hydrogen-bond acceptors (Lipinski definition) is 1. The summed E-state index contributed by atoms with van der Waals surface area (Å²) in [5.74, 6) is 0. The van der Waals surface area contributed by atoms with Crippen molar-refractivity contribution in [2.45, 2.75) is 0 Å². The zero-order valence-corrected chi connectivity index (χ0v) is 36.1. The Labute approximate surface area is 383 Å². The molecule has 0 fully saturated rings. The van der Waals surface area contributed by atoms with Crippen LogP contribution in [0.5, 0.6) is 0 Å². The molecule has 13 rings (SSSR count). The van der Waals surface area contributed by atoms with Gasteiger partial charge in [-0.15, -0.1) is 0 Å². The minimum absolute atomic E-state index is 1.09. The lowest BCUT2D eigenvalue weighted by molar-refractivity contribution is 1.20. The Morgan fingerprint density at radius 2 is 0.803 bits per heavy atom. The van der Waals surface area contributed by atoms with E-state index in [1.54, 1.807) is 0 Å². The molecule has 2 nitrogen and oxygen atoms in total. The Balaban J connectivity index is 0.972. The smallest absolute Gasteiger partial charge is 0.0547 e. The van der Waals surface area contributed by atoms with E-state index in [9.17, 15) is 0 Å². The molecule has 0 bridgehead atoms. The minimum atomic E-state index is 1.09. The maximum atomic E-state index is 2.47. The standard InChI is InChI=1S/C64H42N2/c1-3-17-43(18-4-1)60-42-49(65(47-21-5-2-6-22-47)48-34-31-45(32-35-48)59-41-46-20-8-9-23-50(46)52-25-11-12-27-54(52)59)36-37-56(60)55-38-40-62(57-28-14-13-26-53(55)57)66-61-30-16-15-29-58(61)64-51-24-10-7-19-44(51)33-39-63(64)66/h1-42H. The van der Waals surface area contributed by atoms with Gasteiger partial charge in [0, 0.05) is 33.2 Å². The van der Waals surface area contributed by atoms with E-state index in [1.165, 1.54) is 104 Å². The highest BCUT2D eigenvalue weighted by Crippen LogP contribution is 2.45. The summed E-state index contributed by atoms with van der Waals surface area (Å²) in [5.41, 5.74) is 14.0. The van der Waals surface area contributed by atoms with Crippen molar-refractivity contribution in [2.24, 2.45) is 0 Å². The van der Waals surface area contributed by atoms with Crippen LogP contribution < -0.4 is 4.90 Å². The van der Waals surface area contributed by atoms with Crippen molar-refractivity contribution in [1.82, 2.24) is 4.57 Å². The second-order valence-corrected chi connectivity index (χ2v) is 17.2. The molecule has 2 heteroatoms. The second kappa shape index (κ2) is 15.5.